The van der Waals surface area contributed by atoms with Gasteiger partial charge in [-0.2, -0.15) is 0 Å². The van der Waals surface area contributed by atoms with Crippen LogP contribution in [-0.2, 0) is 5.41 Å². The molecule has 0 aliphatic heterocycles. The van der Waals surface area contributed by atoms with E-state index in [9.17, 15) is 0 Å². The minimum atomic E-state index is 0.0146. The lowest BCUT2D eigenvalue weighted by molar-refractivity contribution is 0.530. The molecule has 0 bridgehead atoms. The standard InChI is InChI=1S/C28H26/c1-5-13-22(14-6-1)26-25(27(26)23-15-7-2-8-16-23)21-28(19-11-4-12-20-28)24-17-9-3-10-18-24/h1-3,5-20,25-27H,4,21H2. The lowest BCUT2D eigenvalue weighted by atomic mass is 9.73. The normalized spacial score (nSPS) is 24.8. The van der Waals surface area contributed by atoms with E-state index in [1.54, 1.807) is 0 Å². The second-order valence-electron chi connectivity index (χ2n) is 8.19. The highest BCUT2D eigenvalue weighted by Gasteiger charge is 2.53. The molecule has 2 unspecified atom stereocenters. The lowest BCUT2D eigenvalue weighted by Crippen LogP contribution is -2.23. The first-order valence-corrected chi connectivity index (χ1v) is 10.4. The molecule has 0 spiro atoms. The fraction of sp³-hybridized carbons (Fsp3) is 0.214. The molecule has 5 rings (SSSR count). The minimum absolute atomic E-state index is 0.0146. The summed E-state index contributed by atoms with van der Waals surface area (Å²) in [6.45, 7) is 0. The first kappa shape index (κ1) is 17.3. The van der Waals surface area contributed by atoms with Gasteiger partial charge in [0, 0.05) is 5.41 Å². The van der Waals surface area contributed by atoms with Gasteiger partial charge in [0.2, 0.25) is 0 Å². The predicted octanol–water partition coefficient (Wildman–Crippen LogP) is 7.03. The number of allylic oxidation sites excluding steroid dienone is 4. The smallest absolute Gasteiger partial charge is 0.0315 e. The van der Waals surface area contributed by atoms with Crippen molar-refractivity contribution in [3.8, 4) is 0 Å². The SMILES string of the molecule is C1=CC(CC2C(c3ccccc3)C2c2ccccc2)(c2ccccc2)C=CC1. The number of benzene rings is 3. The van der Waals surface area contributed by atoms with E-state index in [0.29, 0.717) is 17.8 Å². The van der Waals surface area contributed by atoms with Crippen LogP contribution in [0.2, 0.25) is 0 Å². The Labute approximate surface area is 168 Å². The summed E-state index contributed by atoms with van der Waals surface area (Å²) in [7, 11) is 0. The van der Waals surface area contributed by atoms with Crippen LogP contribution in [0.1, 0.15) is 41.4 Å². The zero-order chi connectivity index (χ0) is 18.8. The van der Waals surface area contributed by atoms with Gasteiger partial charge >= 0.3 is 0 Å². The molecule has 0 N–H and O–H groups in total. The molecule has 2 atom stereocenters. The van der Waals surface area contributed by atoms with Crippen molar-refractivity contribution in [3.05, 3.63) is 132 Å². The van der Waals surface area contributed by atoms with Crippen LogP contribution in [0.15, 0.2) is 115 Å². The third-order valence-electron chi connectivity index (χ3n) is 6.52. The van der Waals surface area contributed by atoms with Crippen molar-refractivity contribution in [3.63, 3.8) is 0 Å². The molecule has 1 saturated carbocycles. The molecule has 1 fully saturated rings. The van der Waals surface area contributed by atoms with E-state index in [0.717, 1.165) is 12.8 Å². The molecule has 0 saturated heterocycles. The lowest BCUT2D eigenvalue weighted by Gasteiger charge is -2.30. The van der Waals surface area contributed by atoms with Crippen molar-refractivity contribution in [2.24, 2.45) is 5.92 Å². The molecule has 28 heavy (non-hydrogen) atoms. The molecule has 0 radical (unpaired) electrons. The van der Waals surface area contributed by atoms with Crippen molar-refractivity contribution in [2.45, 2.75) is 30.1 Å². The van der Waals surface area contributed by atoms with Gasteiger partial charge in [0.15, 0.2) is 0 Å². The topological polar surface area (TPSA) is 0 Å². The van der Waals surface area contributed by atoms with Crippen LogP contribution in [0.5, 0.6) is 0 Å². The Hall–Kier alpha value is -2.86. The molecule has 0 aromatic heterocycles. The molecule has 0 heterocycles. The minimum Gasteiger partial charge on any atom is -0.0836 e. The maximum atomic E-state index is 2.45. The molecule has 138 valence electrons. The summed E-state index contributed by atoms with van der Waals surface area (Å²) in [5.41, 5.74) is 4.38. The van der Waals surface area contributed by atoms with Crippen molar-refractivity contribution in [1.82, 2.24) is 0 Å². The van der Waals surface area contributed by atoms with Gasteiger partial charge in [-0.05, 0) is 47.3 Å². The van der Waals surface area contributed by atoms with Crippen molar-refractivity contribution in [2.75, 3.05) is 0 Å². The van der Waals surface area contributed by atoms with Gasteiger partial charge in [-0.25, -0.2) is 0 Å². The van der Waals surface area contributed by atoms with E-state index in [1.165, 1.54) is 16.7 Å². The van der Waals surface area contributed by atoms with Crippen LogP contribution in [0.4, 0.5) is 0 Å². The van der Waals surface area contributed by atoms with Crippen molar-refractivity contribution < 1.29 is 0 Å². The summed E-state index contributed by atoms with van der Waals surface area (Å²) in [4.78, 5) is 0. The average molecular weight is 363 g/mol. The molecule has 2 aliphatic carbocycles. The second-order valence-corrected chi connectivity index (χ2v) is 8.19. The van der Waals surface area contributed by atoms with Crippen LogP contribution >= 0.6 is 0 Å². The van der Waals surface area contributed by atoms with E-state index in [1.807, 2.05) is 0 Å². The molecule has 3 aromatic rings. The van der Waals surface area contributed by atoms with Gasteiger partial charge in [0.1, 0.15) is 0 Å². The monoisotopic (exact) mass is 362 g/mol. The van der Waals surface area contributed by atoms with E-state index in [4.69, 9.17) is 0 Å². The predicted molar refractivity (Wildman–Crippen MR) is 117 cm³/mol. The van der Waals surface area contributed by atoms with Gasteiger partial charge in [-0.1, -0.05) is 115 Å². The third-order valence-corrected chi connectivity index (χ3v) is 6.52. The van der Waals surface area contributed by atoms with Gasteiger partial charge in [-0.3, -0.25) is 0 Å². The Morgan fingerprint density at radius 3 is 1.57 bits per heavy atom. The van der Waals surface area contributed by atoms with E-state index >= 15 is 0 Å². The number of hydrogen-bond donors (Lipinski definition) is 0. The van der Waals surface area contributed by atoms with E-state index in [-0.39, 0.29) is 5.41 Å². The van der Waals surface area contributed by atoms with Crippen LogP contribution < -0.4 is 0 Å². The summed E-state index contributed by atoms with van der Waals surface area (Å²) in [6.07, 6.45) is 11.8. The Balaban J connectivity index is 1.52. The molecule has 0 amide bonds. The maximum absolute atomic E-state index is 2.45. The van der Waals surface area contributed by atoms with Gasteiger partial charge in [-0.15, -0.1) is 0 Å². The van der Waals surface area contributed by atoms with Gasteiger partial charge in [0.05, 0.1) is 0 Å². The van der Waals surface area contributed by atoms with E-state index in [2.05, 4.69) is 115 Å². The Morgan fingerprint density at radius 1 is 0.607 bits per heavy atom. The molecule has 0 nitrogen and oxygen atoms in total. The van der Waals surface area contributed by atoms with Crippen molar-refractivity contribution >= 4 is 0 Å². The van der Waals surface area contributed by atoms with Gasteiger partial charge in [0.25, 0.3) is 0 Å². The first-order valence-electron chi connectivity index (χ1n) is 10.4. The van der Waals surface area contributed by atoms with Crippen LogP contribution in [-0.4, -0.2) is 0 Å². The van der Waals surface area contributed by atoms with E-state index < -0.39 is 0 Å². The Kier molecular flexibility index (Phi) is 4.49. The average Bonchev–Trinajstić information content (AvgIpc) is 3.49. The fourth-order valence-electron chi connectivity index (χ4n) is 5.16. The molecule has 2 aliphatic rings. The summed E-state index contributed by atoms with van der Waals surface area (Å²) in [5, 5.41) is 0. The summed E-state index contributed by atoms with van der Waals surface area (Å²) < 4.78 is 0. The van der Waals surface area contributed by atoms with Crippen LogP contribution in [0.3, 0.4) is 0 Å². The third kappa shape index (κ3) is 3.14. The van der Waals surface area contributed by atoms with Crippen molar-refractivity contribution in [1.29, 1.82) is 0 Å². The highest BCUT2D eigenvalue weighted by molar-refractivity contribution is 5.44. The maximum Gasteiger partial charge on any atom is 0.0315 e. The number of hydrogen-bond acceptors (Lipinski definition) is 0. The largest absolute Gasteiger partial charge is 0.0836 e. The highest BCUT2D eigenvalue weighted by atomic mass is 14.6. The summed E-state index contributed by atoms with van der Waals surface area (Å²) in [5.74, 6) is 1.86. The summed E-state index contributed by atoms with van der Waals surface area (Å²) in [6, 6.07) is 33.2. The zero-order valence-corrected chi connectivity index (χ0v) is 16.1. The molecular weight excluding hydrogens is 336 g/mol. The number of rotatable bonds is 5. The second kappa shape index (κ2) is 7.28. The molecule has 0 heteroatoms. The van der Waals surface area contributed by atoms with Gasteiger partial charge < -0.3 is 0 Å². The quantitative estimate of drug-likeness (QED) is 0.427. The highest BCUT2D eigenvalue weighted by Crippen LogP contribution is 2.64. The first-order chi connectivity index (χ1) is 13.9. The molecular formula is C28H26. The molecule has 3 aromatic carbocycles. The fourth-order valence-corrected chi connectivity index (χ4v) is 5.16. The zero-order valence-electron chi connectivity index (χ0n) is 16.1. The van der Waals surface area contributed by atoms with Crippen LogP contribution in [0.25, 0.3) is 0 Å². The summed E-state index contributed by atoms with van der Waals surface area (Å²) >= 11 is 0. The van der Waals surface area contributed by atoms with Crippen LogP contribution in [0, 0.1) is 5.92 Å². The Morgan fingerprint density at radius 2 is 1.07 bits per heavy atom. The Bertz CT molecular complexity index is 909.